The van der Waals surface area contributed by atoms with E-state index in [4.69, 9.17) is 5.73 Å². The highest BCUT2D eigenvalue weighted by Gasteiger charge is 2.23. The number of thiophene rings is 1. The molecule has 2 heterocycles. The summed E-state index contributed by atoms with van der Waals surface area (Å²) in [5.74, 6) is -0.119. The molecule has 2 aromatic rings. The summed E-state index contributed by atoms with van der Waals surface area (Å²) in [6, 6.07) is 5.86. The van der Waals surface area contributed by atoms with E-state index in [0.29, 0.717) is 30.0 Å². The van der Waals surface area contributed by atoms with Crippen LogP contribution in [-0.4, -0.2) is 24.4 Å². The number of carbonyl (C=O) groups is 2. The van der Waals surface area contributed by atoms with E-state index in [0.717, 1.165) is 15.6 Å². The van der Waals surface area contributed by atoms with Crippen LogP contribution < -0.4 is 16.4 Å². The molecule has 4 N–H and O–H groups in total. The van der Waals surface area contributed by atoms with Crippen molar-refractivity contribution in [1.82, 2.24) is 10.6 Å². The predicted molar refractivity (Wildman–Crippen MR) is 84.5 cm³/mol. The van der Waals surface area contributed by atoms with Crippen LogP contribution in [0, 0.1) is 6.92 Å². The number of amides is 2. The van der Waals surface area contributed by atoms with Crippen molar-refractivity contribution in [2.45, 2.75) is 25.8 Å². The van der Waals surface area contributed by atoms with Gasteiger partial charge in [-0.1, -0.05) is 18.2 Å². The molecule has 0 bridgehead atoms. The third kappa shape index (κ3) is 2.58. The first-order valence-electron chi connectivity index (χ1n) is 6.91. The lowest BCUT2D eigenvalue weighted by molar-refractivity contribution is -0.122. The number of fused-ring (bicyclic) bond motifs is 1. The average molecular weight is 303 g/mol. The Balaban J connectivity index is 1.83. The fourth-order valence-corrected chi connectivity index (χ4v) is 3.65. The number of aryl methyl sites for hydroxylation is 1. The van der Waals surface area contributed by atoms with Crippen molar-refractivity contribution in [2.24, 2.45) is 0 Å². The number of rotatable bonds is 2. The molecular weight excluding hydrogens is 286 g/mol. The quantitative estimate of drug-likeness (QED) is 0.791. The molecule has 1 aromatic heterocycles. The van der Waals surface area contributed by atoms with Gasteiger partial charge in [-0.25, -0.2) is 0 Å². The van der Waals surface area contributed by atoms with Crippen molar-refractivity contribution in [3.63, 3.8) is 0 Å². The minimum absolute atomic E-state index is 0.0269. The van der Waals surface area contributed by atoms with Gasteiger partial charge in [-0.15, -0.1) is 11.3 Å². The zero-order valence-electron chi connectivity index (χ0n) is 11.7. The van der Waals surface area contributed by atoms with E-state index in [1.165, 1.54) is 11.3 Å². The van der Waals surface area contributed by atoms with Gasteiger partial charge in [0, 0.05) is 29.1 Å². The number of nitrogen functional groups attached to an aromatic ring is 1. The highest BCUT2D eigenvalue weighted by molar-refractivity contribution is 7.21. The van der Waals surface area contributed by atoms with Crippen LogP contribution in [-0.2, 0) is 4.79 Å². The molecule has 6 heteroatoms. The first-order chi connectivity index (χ1) is 10.1. The summed E-state index contributed by atoms with van der Waals surface area (Å²) < 4.78 is 1.05. The van der Waals surface area contributed by atoms with E-state index >= 15 is 0 Å². The summed E-state index contributed by atoms with van der Waals surface area (Å²) in [5, 5.41) is 6.64. The summed E-state index contributed by atoms with van der Waals surface area (Å²) in [4.78, 5) is 24.1. The minimum atomic E-state index is -0.158. The molecule has 1 unspecified atom stereocenters. The molecule has 2 amide bonds. The summed E-state index contributed by atoms with van der Waals surface area (Å²) in [6.45, 7) is 2.49. The lowest BCUT2D eigenvalue weighted by Gasteiger charge is -2.23. The molecule has 1 saturated heterocycles. The van der Waals surface area contributed by atoms with Crippen LogP contribution in [0.1, 0.15) is 28.1 Å². The van der Waals surface area contributed by atoms with Gasteiger partial charge < -0.3 is 16.4 Å². The van der Waals surface area contributed by atoms with E-state index < -0.39 is 0 Å². The topological polar surface area (TPSA) is 84.2 Å². The van der Waals surface area contributed by atoms with Crippen LogP contribution in [0.25, 0.3) is 10.1 Å². The van der Waals surface area contributed by atoms with Crippen LogP contribution in [0.4, 0.5) is 5.69 Å². The number of hydrogen-bond donors (Lipinski definition) is 3. The fourth-order valence-electron chi connectivity index (χ4n) is 2.56. The van der Waals surface area contributed by atoms with Crippen molar-refractivity contribution in [1.29, 1.82) is 0 Å². The second kappa shape index (κ2) is 5.37. The molecule has 0 radical (unpaired) electrons. The van der Waals surface area contributed by atoms with Gasteiger partial charge in [-0.2, -0.15) is 0 Å². The Morgan fingerprint density at radius 1 is 1.48 bits per heavy atom. The molecule has 110 valence electrons. The van der Waals surface area contributed by atoms with Crippen molar-refractivity contribution in [2.75, 3.05) is 12.3 Å². The second-order valence-electron chi connectivity index (χ2n) is 5.31. The van der Waals surface area contributed by atoms with Crippen LogP contribution in [0.15, 0.2) is 18.2 Å². The van der Waals surface area contributed by atoms with E-state index in [-0.39, 0.29) is 17.9 Å². The maximum atomic E-state index is 12.4. The molecular formula is C15H17N3O2S. The predicted octanol–water partition coefficient (Wildman–Crippen LogP) is 1.80. The van der Waals surface area contributed by atoms with Gasteiger partial charge in [0.2, 0.25) is 5.91 Å². The van der Waals surface area contributed by atoms with Crippen LogP contribution >= 0.6 is 11.3 Å². The normalized spacial score (nSPS) is 18.5. The lowest BCUT2D eigenvalue weighted by Crippen LogP contribution is -2.47. The molecule has 21 heavy (non-hydrogen) atoms. The van der Waals surface area contributed by atoms with Crippen molar-refractivity contribution in [3.05, 3.63) is 28.6 Å². The zero-order chi connectivity index (χ0) is 15.0. The number of nitrogens with one attached hydrogen (secondary N) is 2. The Hall–Kier alpha value is -2.08. The van der Waals surface area contributed by atoms with Gasteiger partial charge in [0.1, 0.15) is 4.88 Å². The maximum absolute atomic E-state index is 12.4. The molecule has 1 aliphatic heterocycles. The summed E-state index contributed by atoms with van der Waals surface area (Å²) >= 11 is 1.42. The largest absolute Gasteiger partial charge is 0.397 e. The summed E-state index contributed by atoms with van der Waals surface area (Å²) in [5.41, 5.74) is 7.77. The standard InChI is InChI=1S/C15H17N3O2S/c1-8-3-2-4-10-12(16)14(21-13(8)10)15(20)18-9-5-6-11(19)17-7-9/h2-4,9H,5-7,16H2,1H3,(H,17,19)(H,18,20). The van der Waals surface area contributed by atoms with Gasteiger partial charge in [0.05, 0.1) is 5.69 Å². The van der Waals surface area contributed by atoms with Gasteiger partial charge in [-0.3, -0.25) is 9.59 Å². The molecule has 1 fully saturated rings. The van der Waals surface area contributed by atoms with Gasteiger partial charge in [-0.05, 0) is 18.9 Å². The van der Waals surface area contributed by atoms with E-state index in [1.54, 1.807) is 0 Å². The average Bonchev–Trinajstić information content (AvgIpc) is 2.81. The molecule has 0 spiro atoms. The Morgan fingerprint density at radius 3 is 2.95 bits per heavy atom. The minimum Gasteiger partial charge on any atom is -0.397 e. The number of benzene rings is 1. The van der Waals surface area contributed by atoms with Crippen LogP contribution in [0.2, 0.25) is 0 Å². The Kier molecular flexibility index (Phi) is 3.55. The summed E-state index contributed by atoms with van der Waals surface area (Å²) in [6.07, 6.45) is 1.12. The van der Waals surface area contributed by atoms with Gasteiger partial charge in [0.15, 0.2) is 0 Å². The molecule has 0 aliphatic carbocycles. The van der Waals surface area contributed by atoms with E-state index in [9.17, 15) is 9.59 Å². The van der Waals surface area contributed by atoms with Crippen molar-refractivity contribution >= 4 is 38.9 Å². The highest BCUT2D eigenvalue weighted by Crippen LogP contribution is 2.35. The number of anilines is 1. The van der Waals surface area contributed by atoms with E-state index in [2.05, 4.69) is 10.6 Å². The number of nitrogens with two attached hydrogens (primary N) is 1. The van der Waals surface area contributed by atoms with Crippen molar-refractivity contribution in [3.8, 4) is 0 Å². The highest BCUT2D eigenvalue weighted by atomic mass is 32.1. The Labute approximate surface area is 126 Å². The first kappa shape index (κ1) is 13.9. The first-order valence-corrected chi connectivity index (χ1v) is 7.73. The van der Waals surface area contributed by atoms with Crippen LogP contribution in [0.3, 0.4) is 0 Å². The Bertz CT molecular complexity index is 713. The third-order valence-corrected chi connectivity index (χ3v) is 5.11. The third-order valence-electron chi connectivity index (χ3n) is 3.76. The fraction of sp³-hybridized carbons (Fsp3) is 0.333. The monoisotopic (exact) mass is 303 g/mol. The van der Waals surface area contributed by atoms with E-state index in [1.807, 2.05) is 25.1 Å². The molecule has 1 atom stereocenters. The number of hydrogen-bond acceptors (Lipinski definition) is 4. The lowest BCUT2D eigenvalue weighted by atomic mass is 10.1. The van der Waals surface area contributed by atoms with Gasteiger partial charge in [0.25, 0.3) is 5.91 Å². The molecule has 5 nitrogen and oxygen atoms in total. The van der Waals surface area contributed by atoms with Gasteiger partial charge >= 0.3 is 0 Å². The second-order valence-corrected chi connectivity index (χ2v) is 6.33. The van der Waals surface area contributed by atoms with Crippen molar-refractivity contribution < 1.29 is 9.59 Å². The number of carbonyl (C=O) groups excluding carboxylic acids is 2. The SMILES string of the molecule is Cc1cccc2c(N)c(C(=O)NC3CCC(=O)NC3)sc12. The number of piperidine rings is 1. The summed E-state index contributed by atoms with van der Waals surface area (Å²) in [7, 11) is 0. The molecule has 0 saturated carbocycles. The molecule has 3 rings (SSSR count). The smallest absolute Gasteiger partial charge is 0.263 e. The maximum Gasteiger partial charge on any atom is 0.263 e. The van der Waals surface area contributed by atoms with Crippen LogP contribution in [0.5, 0.6) is 0 Å². The Morgan fingerprint density at radius 2 is 2.29 bits per heavy atom. The molecule has 1 aliphatic rings. The zero-order valence-corrected chi connectivity index (χ0v) is 12.5. The molecule has 1 aromatic carbocycles.